The van der Waals surface area contributed by atoms with E-state index in [2.05, 4.69) is 40.4 Å². The Hall–Kier alpha value is -2.30. The van der Waals surface area contributed by atoms with E-state index in [0.717, 1.165) is 27.7 Å². The number of halogens is 1. The SMILES string of the molecule is Cc1ccc2nc(-c3cccs3)c(Nc3cccc(Cl)c3)n2c1. The Morgan fingerprint density at radius 1 is 1.13 bits per heavy atom. The molecule has 5 heteroatoms. The fraction of sp³-hybridized carbons (Fsp3) is 0.0556. The molecule has 0 saturated heterocycles. The fourth-order valence-corrected chi connectivity index (χ4v) is 3.46. The van der Waals surface area contributed by atoms with Crippen molar-refractivity contribution in [2.45, 2.75) is 6.92 Å². The highest BCUT2D eigenvalue weighted by Gasteiger charge is 2.15. The summed E-state index contributed by atoms with van der Waals surface area (Å²) in [4.78, 5) is 5.93. The third kappa shape index (κ3) is 2.71. The summed E-state index contributed by atoms with van der Waals surface area (Å²) in [5, 5.41) is 6.24. The summed E-state index contributed by atoms with van der Waals surface area (Å²) in [6, 6.07) is 15.9. The first kappa shape index (κ1) is 14.3. The quantitative estimate of drug-likeness (QED) is 0.513. The molecule has 0 amide bonds. The van der Waals surface area contributed by atoms with Gasteiger partial charge in [-0.25, -0.2) is 4.98 Å². The van der Waals surface area contributed by atoms with Crippen molar-refractivity contribution < 1.29 is 0 Å². The van der Waals surface area contributed by atoms with Crippen LogP contribution < -0.4 is 5.32 Å². The van der Waals surface area contributed by atoms with Crippen LogP contribution in [-0.2, 0) is 0 Å². The van der Waals surface area contributed by atoms with Crippen molar-refractivity contribution in [1.82, 2.24) is 9.38 Å². The van der Waals surface area contributed by atoms with Gasteiger partial charge in [-0.15, -0.1) is 11.3 Å². The summed E-state index contributed by atoms with van der Waals surface area (Å²) < 4.78 is 2.09. The van der Waals surface area contributed by atoms with Gasteiger partial charge in [0.15, 0.2) is 0 Å². The molecule has 0 unspecified atom stereocenters. The van der Waals surface area contributed by atoms with Crippen LogP contribution in [0.4, 0.5) is 11.5 Å². The van der Waals surface area contributed by atoms with Crippen LogP contribution in [0.2, 0.25) is 5.02 Å². The van der Waals surface area contributed by atoms with E-state index in [9.17, 15) is 0 Å². The Kier molecular flexibility index (Phi) is 3.56. The van der Waals surface area contributed by atoms with E-state index in [0.29, 0.717) is 5.02 Å². The molecule has 0 fully saturated rings. The summed E-state index contributed by atoms with van der Waals surface area (Å²) in [7, 11) is 0. The number of aryl methyl sites for hydroxylation is 1. The summed E-state index contributed by atoms with van der Waals surface area (Å²) in [5.74, 6) is 0.952. The van der Waals surface area contributed by atoms with Crippen LogP contribution in [0.5, 0.6) is 0 Å². The van der Waals surface area contributed by atoms with E-state index in [-0.39, 0.29) is 0 Å². The Morgan fingerprint density at radius 2 is 2.04 bits per heavy atom. The number of rotatable bonds is 3. The average Bonchev–Trinajstić information content (AvgIpc) is 3.16. The molecular formula is C18H14ClN3S. The second-order valence-corrected chi connectivity index (χ2v) is 6.74. The topological polar surface area (TPSA) is 29.3 Å². The van der Waals surface area contributed by atoms with Gasteiger partial charge in [-0.1, -0.05) is 29.8 Å². The maximum absolute atomic E-state index is 6.11. The van der Waals surface area contributed by atoms with Crippen LogP contribution in [-0.4, -0.2) is 9.38 Å². The van der Waals surface area contributed by atoms with Crippen LogP contribution in [0.15, 0.2) is 60.1 Å². The van der Waals surface area contributed by atoms with E-state index in [4.69, 9.17) is 16.6 Å². The molecular weight excluding hydrogens is 326 g/mol. The molecule has 3 heterocycles. The number of anilines is 2. The normalized spacial score (nSPS) is 11.0. The van der Waals surface area contributed by atoms with E-state index >= 15 is 0 Å². The minimum Gasteiger partial charge on any atom is -0.339 e. The molecule has 0 aliphatic heterocycles. The van der Waals surface area contributed by atoms with Crippen molar-refractivity contribution in [3.63, 3.8) is 0 Å². The first-order valence-electron chi connectivity index (χ1n) is 7.26. The number of pyridine rings is 1. The summed E-state index contributed by atoms with van der Waals surface area (Å²) >= 11 is 7.79. The molecule has 4 rings (SSSR count). The highest BCUT2D eigenvalue weighted by molar-refractivity contribution is 7.13. The second kappa shape index (κ2) is 5.72. The number of nitrogens with one attached hydrogen (secondary N) is 1. The molecule has 0 spiro atoms. The lowest BCUT2D eigenvalue weighted by molar-refractivity contribution is 1.16. The molecule has 4 aromatic rings. The highest BCUT2D eigenvalue weighted by Crippen LogP contribution is 2.34. The fourth-order valence-electron chi connectivity index (χ4n) is 2.56. The molecule has 0 bridgehead atoms. The number of hydrogen-bond acceptors (Lipinski definition) is 3. The number of benzene rings is 1. The Bertz CT molecular complexity index is 973. The van der Waals surface area contributed by atoms with Crippen LogP contribution in [0.25, 0.3) is 16.2 Å². The van der Waals surface area contributed by atoms with Gasteiger partial charge in [0, 0.05) is 16.9 Å². The van der Waals surface area contributed by atoms with Crippen molar-refractivity contribution >= 4 is 40.1 Å². The van der Waals surface area contributed by atoms with Gasteiger partial charge in [0.05, 0.1) is 4.88 Å². The molecule has 0 aliphatic carbocycles. The van der Waals surface area contributed by atoms with Crippen LogP contribution in [0.3, 0.4) is 0 Å². The maximum atomic E-state index is 6.11. The zero-order valence-electron chi connectivity index (χ0n) is 12.5. The third-order valence-electron chi connectivity index (χ3n) is 3.61. The van der Waals surface area contributed by atoms with Gasteiger partial charge < -0.3 is 5.32 Å². The zero-order valence-corrected chi connectivity index (χ0v) is 14.0. The van der Waals surface area contributed by atoms with Crippen molar-refractivity contribution in [2.24, 2.45) is 0 Å². The number of aromatic nitrogens is 2. The number of imidazole rings is 1. The van der Waals surface area contributed by atoms with E-state index in [1.165, 1.54) is 5.56 Å². The zero-order chi connectivity index (χ0) is 15.8. The summed E-state index contributed by atoms with van der Waals surface area (Å²) in [5.41, 5.74) is 3.99. The monoisotopic (exact) mass is 339 g/mol. The van der Waals surface area contributed by atoms with Crippen LogP contribution in [0, 0.1) is 6.92 Å². The number of nitrogens with zero attached hydrogens (tertiary/aromatic N) is 2. The molecule has 0 radical (unpaired) electrons. The summed E-state index contributed by atoms with van der Waals surface area (Å²) in [6.07, 6.45) is 2.09. The first-order chi connectivity index (χ1) is 11.2. The molecule has 3 aromatic heterocycles. The molecule has 3 nitrogen and oxygen atoms in total. The standard InChI is InChI=1S/C18H14ClN3S/c1-12-7-8-16-21-17(15-6-3-9-23-15)18(22(16)11-12)20-14-5-2-4-13(19)10-14/h2-11,20H,1H3. The lowest BCUT2D eigenvalue weighted by atomic mass is 10.3. The van der Waals surface area contributed by atoms with Crippen LogP contribution >= 0.6 is 22.9 Å². The molecule has 0 saturated carbocycles. The van der Waals surface area contributed by atoms with Gasteiger partial charge in [0.25, 0.3) is 0 Å². The van der Waals surface area contributed by atoms with Crippen molar-refractivity contribution in [3.8, 4) is 10.6 Å². The summed E-state index contributed by atoms with van der Waals surface area (Å²) in [6.45, 7) is 2.08. The predicted octanol–water partition coefficient (Wildman–Crippen LogP) is 5.77. The van der Waals surface area contributed by atoms with Gasteiger partial charge in [-0.05, 0) is 48.2 Å². The van der Waals surface area contributed by atoms with Crippen LogP contribution in [0.1, 0.15) is 5.56 Å². The lowest BCUT2D eigenvalue weighted by Crippen LogP contribution is -1.97. The minimum absolute atomic E-state index is 0.706. The molecule has 0 atom stereocenters. The predicted molar refractivity (Wildman–Crippen MR) is 98.0 cm³/mol. The molecule has 114 valence electrons. The number of hydrogen-bond donors (Lipinski definition) is 1. The van der Waals surface area contributed by atoms with Crippen molar-refractivity contribution in [2.75, 3.05) is 5.32 Å². The van der Waals surface area contributed by atoms with Crippen molar-refractivity contribution in [3.05, 3.63) is 70.7 Å². The van der Waals surface area contributed by atoms with Crippen molar-refractivity contribution in [1.29, 1.82) is 0 Å². The lowest BCUT2D eigenvalue weighted by Gasteiger charge is -2.09. The Balaban J connectivity index is 1.91. The third-order valence-corrected chi connectivity index (χ3v) is 4.72. The van der Waals surface area contributed by atoms with Gasteiger partial charge in [-0.3, -0.25) is 4.40 Å². The Labute approximate surface area is 143 Å². The van der Waals surface area contributed by atoms with Gasteiger partial charge in [-0.2, -0.15) is 0 Å². The van der Waals surface area contributed by atoms with E-state index in [1.54, 1.807) is 11.3 Å². The number of thiophene rings is 1. The molecule has 1 N–H and O–H groups in total. The van der Waals surface area contributed by atoms with E-state index in [1.807, 2.05) is 36.4 Å². The van der Waals surface area contributed by atoms with E-state index < -0.39 is 0 Å². The Morgan fingerprint density at radius 3 is 2.83 bits per heavy atom. The van der Waals surface area contributed by atoms with Gasteiger partial charge in [0.1, 0.15) is 17.2 Å². The molecule has 1 aromatic carbocycles. The maximum Gasteiger partial charge on any atom is 0.144 e. The highest BCUT2D eigenvalue weighted by atomic mass is 35.5. The molecule has 0 aliphatic rings. The first-order valence-corrected chi connectivity index (χ1v) is 8.52. The second-order valence-electron chi connectivity index (χ2n) is 5.36. The largest absolute Gasteiger partial charge is 0.339 e. The van der Waals surface area contributed by atoms with Gasteiger partial charge in [0.2, 0.25) is 0 Å². The molecule has 23 heavy (non-hydrogen) atoms. The number of fused-ring (bicyclic) bond motifs is 1. The minimum atomic E-state index is 0.706. The average molecular weight is 340 g/mol. The van der Waals surface area contributed by atoms with Gasteiger partial charge >= 0.3 is 0 Å². The smallest absolute Gasteiger partial charge is 0.144 e.